The lowest BCUT2D eigenvalue weighted by Crippen LogP contribution is -2.24. The monoisotopic (exact) mass is 344 g/mol. The summed E-state index contributed by atoms with van der Waals surface area (Å²) in [5.74, 6) is -0.269. The van der Waals surface area contributed by atoms with E-state index in [0.29, 0.717) is 30.0 Å². The summed E-state index contributed by atoms with van der Waals surface area (Å²) in [7, 11) is 1.52. The topological polar surface area (TPSA) is 98.8 Å². The number of amidine groups is 1. The van der Waals surface area contributed by atoms with Crippen LogP contribution in [0.25, 0.3) is 0 Å². The SMILES string of the molecule is COc1ccc(C(=O)Nc2ccc(F)c(C3CCOC(N)=N3)c2)nc1. The Bertz CT molecular complexity index is 808. The van der Waals surface area contributed by atoms with Gasteiger partial charge in [0.25, 0.3) is 11.9 Å². The Balaban J connectivity index is 1.79. The van der Waals surface area contributed by atoms with E-state index >= 15 is 0 Å². The number of amides is 1. The number of aromatic nitrogens is 1. The molecule has 2 heterocycles. The van der Waals surface area contributed by atoms with Gasteiger partial charge in [-0.1, -0.05) is 0 Å². The summed E-state index contributed by atoms with van der Waals surface area (Å²) in [6.07, 6.45) is 1.96. The lowest BCUT2D eigenvalue weighted by molar-refractivity contribution is 0.102. The second-order valence-electron chi connectivity index (χ2n) is 5.39. The smallest absolute Gasteiger partial charge is 0.282 e. The van der Waals surface area contributed by atoms with E-state index in [1.165, 1.54) is 25.4 Å². The molecule has 3 rings (SSSR count). The number of carbonyl (C=O) groups excluding carboxylic acids is 1. The second kappa shape index (κ2) is 7.16. The van der Waals surface area contributed by atoms with Crippen molar-refractivity contribution in [1.82, 2.24) is 4.98 Å². The van der Waals surface area contributed by atoms with Gasteiger partial charge in [-0.2, -0.15) is 0 Å². The first-order valence-electron chi connectivity index (χ1n) is 7.63. The molecule has 0 bridgehead atoms. The molecular weight excluding hydrogens is 327 g/mol. The number of rotatable bonds is 4. The van der Waals surface area contributed by atoms with Crippen LogP contribution in [0.15, 0.2) is 41.5 Å². The molecule has 8 heteroatoms. The highest BCUT2D eigenvalue weighted by Gasteiger charge is 2.20. The summed E-state index contributed by atoms with van der Waals surface area (Å²) in [6.45, 7) is 0.367. The van der Waals surface area contributed by atoms with Crippen LogP contribution < -0.4 is 15.8 Å². The van der Waals surface area contributed by atoms with Crippen molar-refractivity contribution in [2.75, 3.05) is 19.0 Å². The van der Waals surface area contributed by atoms with Gasteiger partial charge in [-0.15, -0.1) is 0 Å². The van der Waals surface area contributed by atoms with Gasteiger partial charge in [-0.3, -0.25) is 4.79 Å². The first kappa shape index (κ1) is 16.7. The minimum atomic E-state index is -0.440. The summed E-state index contributed by atoms with van der Waals surface area (Å²) in [5, 5.41) is 2.69. The van der Waals surface area contributed by atoms with Gasteiger partial charge in [0.15, 0.2) is 0 Å². The molecule has 130 valence electrons. The van der Waals surface area contributed by atoms with E-state index < -0.39 is 17.8 Å². The van der Waals surface area contributed by atoms with Gasteiger partial charge in [0.1, 0.15) is 17.3 Å². The van der Waals surface area contributed by atoms with Crippen LogP contribution in [0.1, 0.15) is 28.5 Å². The number of nitrogens with zero attached hydrogens (tertiary/aromatic N) is 2. The number of methoxy groups -OCH3 is 1. The summed E-state index contributed by atoms with van der Waals surface area (Å²) in [4.78, 5) is 20.4. The zero-order valence-electron chi connectivity index (χ0n) is 13.5. The fourth-order valence-corrected chi connectivity index (χ4v) is 2.46. The average Bonchev–Trinajstić information content (AvgIpc) is 2.63. The minimum Gasteiger partial charge on any atom is -0.495 e. The van der Waals surface area contributed by atoms with E-state index in [4.69, 9.17) is 15.2 Å². The number of ether oxygens (including phenoxy) is 2. The first-order valence-corrected chi connectivity index (χ1v) is 7.63. The van der Waals surface area contributed by atoms with E-state index in [-0.39, 0.29) is 11.7 Å². The lowest BCUT2D eigenvalue weighted by atomic mass is 10.0. The quantitative estimate of drug-likeness (QED) is 0.886. The number of halogens is 1. The van der Waals surface area contributed by atoms with Gasteiger partial charge in [0, 0.05) is 17.7 Å². The molecule has 0 saturated carbocycles. The molecule has 1 amide bonds. The van der Waals surface area contributed by atoms with E-state index in [2.05, 4.69) is 15.3 Å². The number of nitrogens with two attached hydrogens (primary N) is 1. The zero-order valence-corrected chi connectivity index (χ0v) is 13.5. The van der Waals surface area contributed by atoms with Gasteiger partial charge in [0.05, 0.1) is 26.0 Å². The van der Waals surface area contributed by atoms with Crippen LogP contribution in [0.4, 0.5) is 10.1 Å². The van der Waals surface area contributed by atoms with Crippen molar-refractivity contribution >= 4 is 17.6 Å². The third kappa shape index (κ3) is 3.85. The number of carbonyl (C=O) groups is 1. The Morgan fingerprint density at radius 1 is 1.40 bits per heavy atom. The van der Waals surface area contributed by atoms with Crippen LogP contribution in [0.2, 0.25) is 0 Å². The summed E-state index contributed by atoms with van der Waals surface area (Å²) >= 11 is 0. The number of hydrogen-bond acceptors (Lipinski definition) is 6. The Morgan fingerprint density at radius 3 is 2.92 bits per heavy atom. The van der Waals surface area contributed by atoms with Crippen LogP contribution in [-0.2, 0) is 4.74 Å². The van der Waals surface area contributed by atoms with Crippen molar-refractivity contribution in [3.63, 3.8) is 0 Å². The molecule has 0 aliphatic carbocycles. The van der Waals surface area contributed by atoms with Gasteiger partial charge >= 0.3 is 0 Å². The number of aliphatic imine (C=N–C) groups is 1. The zero-order chi connectivity index (χ0) is 17.8. The molecule has 0 radical (unpaired) electrons. The first-order chi connectivity index (χ1) is 12.1. The van der Waals surface area contributed by atoms with Crippen molar-refractivity contribution in [1.29, 1.82) is 0 Å². The van der Waals surface area contributed by atoms with E-state index in [9.17, 15) is 9.18 Å². The molecule has 2 aromatic rings. The second-order valence-corrected chi connectivity index (χ2v) is 5.39. The number of nitrogens with one attached hydrogen (secondary N) is 1. The molecule has 0 saturated heterocycles. The molecule has 0 fully saturated rings. The van der Waals surface area contributed by atoms with Crippen LogP contribution in [0.5, 0.6) is 5.75 Å². The highest BCUT2D eigenvalue weighted by molar-refractivity contribution is 6.02. The van der Waals surface area contributed by atoms with E-state index in [0.717, 1.165) is 0 Å². The number of anilines is 1. The van der Waals surface area contributed by atoms with Crippen molar-refractivity contribution in [2.24, 2.45) is 10.7 Å². The molecule has 1 aliphatic heterocycles. The van der Waals surface area contributed by atoms with Crippen molar-refractivity contribution in [2.45, 2.75) is 12.5 Å². The summed E-state index contributed by atoms with van der Waals surface area (Å²) < 4.78 is 24.2. The fraction of sp³-hybridized carbons (Fsp3) is 0.235. The van der Waals surface area contributed by atoms with Crippen molar-refractivity contribution in [3.8, 4) is 5.75 Å². The maximum absolute atomic E-state index is 14.1. The van der Waals surface area contributed by atoms with Crippen LogP contribution in [0, 0.1) is 5.82 Å². The van der Waals surface area contributed by atoms with E-state index in [1.54, 1.807) is 18.2 Å². The predicted octanol–water partition coefficient (Wildman–Crippen LogP) is 2.26. The summed E-state index contributed by atoms with van der Waals surface area (Å²) in [6, 6.07) is 7.08. The minimum absolute atomic E-state index is 0.0347. The molecule has 25 heavy (non-hydrogen) atoms. The molecule has 1 unspecified atom stereocenters. The molecule has 1 aliphatic rings. The Morgan fingerprint density at radius 2 is 2.24 bits per heavy atom. The molecule has 3 N–H and O–H groups in total. The number of hydrogen-bond donors (Lipinski definition) is 2. The van der Waals surface area contributed by atoms with Gasteiger partial charge in [-0.05, 0) is 30.3 Å². The van der Waals surface area contributed by atoms with Gasteiger partial charge < -0.3 is 20.5 Å². The van der Waals surface area contributed by atoms with Gasteiger partial charge in [0.2, 0.25) is 0 Å². The van der Waals surface area contributed by atoms with Crippen molar-refractivity contribution in [3.05, 3.63) is 53.6 Å². The molecule has 0 spiro atoms. The maximum Gasteiger partial charge on any atom is 0.282 e. The van der Waals surface area contributed by atoms with Crippen LogP contribution in [-0.4, -0.2) is 30.6 Å². The average molecular weight is 344 g/mol. The molecule has 1 atom stereocenters. The van der Waals surface area contributed by atoms with Gasteiger partial charge in [-0.25, -0.2) is 14.4 Å². The molecule has 1 aromatic heterocycles. The Labute approximate surface area is 143 Å². The third-order valence-electron chi connectivity index (χ3n) is 3.74. The highest BCUT2D eigenvalue weighted by atomic mass is 19.1. The molecule has 1 aromatic carbocycles. The van der Waals surface area contributed by atoms with Crippen molar-refractivity contribution < 1.29 is 18.7 Å². The molecular formula is C17H17FN4O3. The van der Waals surface area contributed by atoms with Crippen LogP contribution in [0.3, 0.4) is 0 Å². The third-order valence-corrected chi connectivity index (χ3v) is 3.74. The maximum atomic E-state index is 14.1. The number of benzene rings is 1. The fourth-order valence-electron chi connectivity index (χ4n) is 2.46. The van der Waals surface area contributed by atoms with E-state index in [1.807, 2.05) is 0 Å². The standard InChI is InChI=1S/C17H17FN4O3/c1-24-11-3-5-15(20-9-11)16(23)21-10-2-4-13(18)12(8-10)14-6-7-25-17(19)22-14/h2-5,8-9,14H,6-7H2,1H3,(H2,19,22)(H,21,23). The van der Waals surface area contributed by atoms with Crippen LogP contribution >= 0.6 is 0 Å². The summed E-state index contributed by atoms with van der Waals surface area (Å²) in [5.41, 5.74) is 6.57. The Kier molecular flexibility index (Phi) is 4.78. The largest absolute Gasteiger partial charge is 0.495 e. The number of pyridine rings is 1. The predicted molar refractivity (Wildman–Crippen MR) is 90.1 cm³/mol. The highest BCUT2D eigenvalue weighted by Crippen LogP contribution is 2.29. The molecule has 7 nitrogen and oxygen atoms in total. The lowest BCUT2D eigenvalue weighted by Gasteiger charge is -2.20. The normalized spacial score (nSPS) is 16.6. The Hall–Kier alpha value is -3.16.